The maximum atomic E-state index is 13.4. The van der Waals surface area contributed by atoms with Crippen molar-refractivity contribution in [1.29, 1.82) is 0 Å². The second-order valence-corrected chi connectivity index (χ2v) is 12.3. The first-order chi connectivity index (χ1) is 23.1. The molecule has 48 heavy (non-hydrogen) atoms. The van der Waals surface area contributed by atoms with Crippen molar-refractivity contribution in [2.75, 3.05) is 71.7 Å². The highest BCUT2D eigenvalue weighted by Gasteiger charge is 2.20. The number of methoxy groups -OCH3 is 1. The fourth-order valence-corrected chi connectivity index (χ4v) is 5.44. The number of hydrogen-bond acceptors (Lipinski definition) is 7. The quantitative estimate of drug-likeness (QED) is 0.233. The van der Waals surface area contributed by atoms with E-state index in [0.29, 0.717) is 52.4 Å². The van der Waals surface area contributed by atoms with Crippen LogP contribution in [0.25, 0.3) is 0 Å². The predicted molar refractivity (Wildman–Crippen MR) is 187 cm³/mol. The molecular formula is C37H47N5O6. The number of piperazine rings is 1. The highest BCUT2D eigenvalue weighted by Crippen LogP contribution is 2.27. The Hall–Kier alpha value is -4.74. The van der Waals surface area contributed by atoms with Crippen LogP contribution >= 0.6 is 0 Å². The number of ether oxygens (including phenoxy) is 2. The summed E-state index contributed by atoms with van der Waals surface area (Å²) in [6.45, 7) is 5.94. The molecule has 11 nitrogen and oxygen atoms in total. The van der Waals surface area contributed by atoms with E-state index in [2.05, 4.69) is 22.6 Å². The van der Waals surface area contributed by atoms with Gasteiger partial charge in [-0.2, -0.15) is 0 Å². The van der Waals surface area contributed by atoms with Crippen molar-refractivity contribution in [3.05, 3.63) is 88.5 Å². The van der Waals surface area contributed by atoms with Crippen molar-refractivity contribution in [2.24, 2.45) is 0 Å². The normalized spacial score (nSPS) is 13.1. The number of carbonyl (C=O) groups is 4. The first-order valence-electron chi connectivity index (χ1n) is 16.3. The van der Waals surface area contributed by atoms with E-state index in [4.69, 9.17) is 9.47 Å². The summed E-state index contributed by atoms with van der Waals surface area (Å²) in [5.41, 5.74) is 3.47. The van der Waals surface area contributed by atoms with Gasteiger partial charge in [-0.05, 0) is 86.8 Å². The topological polar surface area (TPSA) is 121 Å². The summed E-state index contributed by atoms with van der Waals surface area (Å²) >= 11 is 0. The zero-order valence-electron chi connectivity index (χ0n) is 28.6. The lowest BCUT2D eigenvalue weighted by molar-refractivity contribution is -0.132. The molecule has 256 valence electrons. The number of nitrogens with zero attached hydrogens (tertiary/aromatic N) is 3. The van der Waals surface area contributed by atoms with Crippen LogP contribution in [0.5, 0.6) is 5.75 Å². The molecule has 1 fully saturated rings. The Kier molecular flexibility index (Phi) is 13.1. The monoisotopic (exact) mass is 657 g/mol. The fraction of sp³-hybridized carbons (Fsp3) is 0.405. The molecule has 1 saturated heterocycles. The Morgan fingerprint density at radius 1 is 0.812 bits per heavy atom. The Morgan fingerprint density at radius 3 is 2.27 bits per heavy atom. The predicted octanol–water partition coefficient (Wildman–Crippen LogP) is 5.06. The molecule has 0 atom stereocenters. The van der Waals surface area contributed by atoms with Crippen LogP contribution in [-0.2, 0) is 16.1 Å². The van der Waals surface area contributed by atoms with Crippen molar-refractivity contribution < 1.29 is 28.7 Å². The Morgan fingerprint density at radius 2 is 1.54 bits per heavy atom. The molecule has 2 N–H and O–H groups in total. The number of likely N-dealkylation sites (N-methyl/N-ethyl adjacent to an activating group) is 1. The van der Waals surface area contributed by atoms with E-state index in [-0.39, 0.29) is 24.3 Å². The highest BCUT2D eigenvalue weighted by molar-refractivity contribution is 6.11. The van der Waals surface area contributed by atoms with Crippen LogP contribution in [0.4, 0.5) is 11.4 Å². The Labute approximate surface area is 283 Å². The molecule has 11 heteroatoms. The van der Waals surface area contributed by atoms with Gasteiger partial charge in [0.2, 0.25) is 5.91 Å². The summed E-state index contributed by atoms with van der Waals surface area (Å²) in [5, 5.41) is 5.79. The SMILES string of the molecule is COCc1cc(C(=O)Nc2ccc(C)cc2OCCCCCC(=O)N2CCN(C)CC2)ccc1C(=O)Nc1ccccc1C(=O)N(C)C. The molecule has 0 bridgehead atoms. The number of hydrogen-bond donors (Lipinski definition) is 2. The maximum absolute atomic E-state index is 13.4. The van der Waals surface area contributed by atoms with E-state index in [9.17, 15) is 19.2 Å². The van der Waals surface area contributed by atoms with Crippen molar-refractivity contribution in [2.45, 2.75) is 39.2 Å². The van der Waals surface area contributed by atoms with E-state index >= 15 is 0 Å². The van der Waals surface area contributed by atoms with Crippen LogP contribution in [0.3, 0.4) is 0 Å². The number of amides is 4. The van der Waals surface area contributed by atoms with E-state index in [1.165, 1.54) is 12.0 Å². The van der Waals surface area contributed by atoms with Gasteiger partial charge in [0, 0.05) is 64.9 Å². The van der Waals surface area contributed by atoms with Crippen molar-refractivity contribution in [3.63, 3.8) is 0 Å². The Bertz CT molecular complexity index is 1600. The molecule has 0 saturated carbocycles. The van der Waals surface area contributed by atoms with Gasteiger partial charge >= 0.3 is 0 Å². The first-order valence-corrected chi connectivity index (χ1v) is 16.3. The summed E-state index contributed by atoms with van der Waals surface area (Å²) in [6.07, 6.45) is 3.01. The smallest absolute Gasteiger partial charge is 0.256 e. The zero-order valence-corrected chi connectivity index (χ0v) is 28.6. The molecule has 1 aliphatic rings. The molecule has 1 heterocycles. The number of anilines is 2. The number of aryl methyl sites for hydroxylation is 1. The van der Waals surface area contributed by atoms with Crippen molar-refractivity contribution in [1.82, 2.24) is 14.7 Å². The average molecular weight is 658 g/mol. The van der Waals surface area contributed by atoms with Gasteiger partial charge in [0.15, 0.2) is 0 Å². The fourth-order valence-electron chi connectivity index (χ4n) is 5.44. The molecule has 4 amide bonds. The number of benzene rings is 3. The number of unbranched alkanes of at least 4 members (excludes halogenated alkanes) is 2. The highest BCUT2D eigenvalue weighted by atomic mass is 16.5. The van der Waals surface area contributed by atoms with Gasteiger partial charge in [-0.15, -0.1) is 0 Å². The summed E-state index contributed by atoms with van der Waals surface area (Å²) in [7, 11) is 6.89. The maximum Gasteiger partial charge on any atom is 0.256 e. The summed E-state index contributed by atoms with van der Waals surface area (Å²) in [6, 6.07) is 17.2. The second kappa shape index (κ2) is 17.4. The molecule has 1 aliphatic heterocycles. The Balaban J connectivity index is 1.36. The van der Waals surface area contributed by atoms with Crippen molar-refractivity contribution >= 4 is 35.0 Å². The molecule has 0 aliphatic carbocycles. The van der Waals surface area contributed by atoms with Crippen LogP contribution in [0.15, 0.2) is 60.7 Å². The third-order valence-corrected chi connectivity index (χ3v) is 8.26. The molecule has 0 aromatic heterocycles. The van der Waals surface area contributed by atoms with E-state index in [1.54, 1.807) is 56.6 Å². The summed E-state index contributed by atoms with van der Waals surface area (Å²) < 4.78 is 11.4. The van der Waals surface area contributed by atoms with Gasteiger partial charge in [0.05, 0.1) is 30.2 Å². The van der Waals surface area contributed by atoms with Gasteiger partial charge in [0.25, 0.3) is 17.7 Å². The zero-order chi connectivity index (χ0) is 34.6. The van der Waals surface area contributed by atoms with E-state index < -0.39 is 5.91 Å². The van der Waals surface area contributed by atoms with Crippen LogP contribution in [0.2, 0.25) is 0 Å². The van der Waals surface area contributed by atoms with Gasteiger partial charge in [-0.3, -0.25) is 19.2 Å². The van der Waals surface area contributed by atoms with Crippen LogP contribution in [-0.4, -0.2) is 99.4 Å². The third kappa shape index (κ3) is 9.88. The van der Waals surface area contributed by atoms with Crippen LogP contribution in [0, 0.1) is 6.92 Å². The number of para-hydroxylation sites is 1. The second-order valence-electron chi connectivity index (χ2n) is 12.3. The minimum atomic E-state index is -0.425. The molecule has 0 spiro atoms. The molecule has 3 aromatic carbocycles. The molecule has 0 radical (unpaired) electrons. The van der Waals surface area contributed by atoms with Crippen LogP contribution < -0.4 is 15.4 Å². The third-order valence-electron chi connectivity index (χ3n) is 8.26. The van der Waals surface area contributed by atoms with Gasteiger partial charge in [-0.1, -0.05) is 18.2 Å². The molecule has 4 rings (SSSR count). The lowest BCUT2D eigenvalue weighted by Crippen LogP contribution is -2.47. The lowest BCUT2D eigenvalue weighted by atomic mass is 10.0. The summed E-state index contributed by atoms with van der Waals surface area (Å²) in [5.74, 6) is -0.237. The number of rotatable bonds is 14. The van der Waals surface area contributed by atoms with E-state index in [1.807, 2.05) is 30.0 Å². The summed E-state index contributed by atoms with van der Waals surface area (Å²) in [4.78, 5) is 57.5. The van der Waals surface area contributed by atoms with E-state index in [0.717, 1.165) is 51.0 Å². The van der Waals surface area contributed by atoms with Crippen molar-refractivity contribution in [3.8, 4) is 5.75 Å². The minimum Gasteiger partial charge on any atom is -0.491 e. The molecule has 0 unspecified atom stereocenters. The largest absolute Gasteiger partial charge is 0.491 e. The average Bonchev–Trinajstić information content (AvgIpc) is 3.07. The lowest BCUT2D eigenvalue weighted by Gasteiger charge is -2.32. The van der Waals surface area contributed by atoms with Crippen LogP contribution in [0.1, 0.15) is 67.9 Å². The standard InChI is InChI=1S/C37H47N5O6/c1-26-14-17-32(33(23-26)48-22-10-6-7-13-34(43)42-20-18-41(4)19-21-42)39-35(44)27-15-16-29(28(24-27)25-47-5)36(45)38-31-12-9-8-11-30(31)37(46)40(2)3/h8-9,11-12,14-17,23-24H,6-7,10,13,18-22,25H2,1-5H3,(H,38,45)(H,39,44). The molecule has 3 aromatic rings. The first kappa shape index (κ1) is 36.1. The van der Waals surface area contributed by atoms with Gasteiger partial charge < -0.3 is 34.8 Å². The number of carbonyl (C=O) groups excluding carboxylic acids is 4. The molecular weight excluding hydrogens is 610 g/mol. The van der Waals surface area contributed by atoms with Gasteiger partial charge in [-0.25, -0.2) is 0 Å². The minimum absolute atomic E-state index is 0.0992. The number of nitrogens with one attached hydrogen (secondary N) is 2. The van der Waals surface area contributed by atoms with Gasteiger partial charge in [0.1, 0.15) is 5.75 Å².